The highest BCUT2D eigenvalue weighted by Crippen LogP contribution is 2.22. The summed E-state index contributed by atoms with van der Waals surface area (Å²) in [6.45, 7) is 0.130. The highest BCUT2D eigenvalue weighted by atomic mass is 19.1. The molecule has 176 valence electrons. The van der Waals surface area contributed by atoms with Crippen molar-refractivity contribution in [3.05, 3.63) is 65.2 Å². The Kier molecular flexibility index (Phi) is 7.48. The molecule has 1 aliphatic rings. The standard InChI is InChI=1S/C21H21F4N5O3/c22-13-2-3-17(16(25)11-13)28-21(33)30-7-1-6-29(19(30)18(31)27-5-4-26)20(32)12-8-14(23)10-15(24)9-12/h2-3,8-11,19H,1,4-7,26H2,(H,27,31)(H,28,33). The Morgan fingerprint density at radius 3 is 2.24 bits per heavy atom. The van der Waals surface area contributed by atoms with E-state index < -0.39 is 47.3 Å². The molecule has 0 aromatic heterocycles. The van der Waals surface area contributed by atoms with E-state index in [-0.39, 0.29) is 43.9 Å². The number of hydrogen-bond donors (Lipinski definition) is 3. The van der Waals surface area contributed by atoms with Crippen LogP contribution in [0.3, 0.4) is 0 Å². The van der Waals surface area contributed by atoms with Crippen LogP contribution in [0, 0.1) is 23.3 Å². The van der Waals surface area contributed by atoms with E-state index in [0.717, 1.165) is 34.1 Å². The minimum absolute atomic E-state index is 0.00632. The number of nitrogens with two attached hydrogens (primary N) is 1. The van der Waals surface area contributed by atoms with Crippen LogP contribution >= 0.6 is 0 Å². The molecule has 4 amide bonds. The van der Waals surface area contributed by atoms with E-state index in [9.17, 15) is 31.9 Å². The Morgan fingerprint density at radius 2 is 1.61 bits per heavy atom. The zero-order chi connectivity index (χ0) is 24.1. The van der Waals surface area contributed by atoms with Gasteiger partial charge in [-0.3, -0.25) is 14.5 Å². The van der Waals surface area contributed by atoms with E-state index in [1.807, 2.05) is 0 Å². The SMILES string of the molecule is NCCNC(=O)C1N(C(=O)Nc2ccc(F)cc2F)CCCN1C(=O)c1cc(F)cc(F)c1. The number of nitrogens with one attached hydrogen (secondary N) is 2. The number of amides is 4. The molecule has 2 aromatic rings. The summed E-state index contributed by atoms with van der Waals surface area (Å²) in [4.78, 5) is 40.8. The number of carbonyl (C=O) groups excluding carboxylic acids is 3. The Hall–Kier alpha value is -3.67. The van der Waals surface area contributed by atoms with Gasteiger partial charge in [0.2, 0.25) is 0 Å². The Morgan fingerprint density at radius 1 is 0.939 bits per heavy atom. The van der Waals surface area contributed by atoms with Gasteiger partial charge in [0.15, 0.2) is 6.17 Å². The average Bonchev–Trinajstić information content (AvgIpc) is 2.77. The normalized spacial score (nSPS) is 15.8. The zero-order valence-corrected chi connectivity index (χ0v) is 17.3. The molecule has 0 aliphatic carbocycles. The molecule has 33 heavy (non-hydrogen) atoms. The van der Waals surface area contributed by atoms with Gasteiger partial charge < -0.3 is 21.3 Å². The monoisotopic (exact) mass is 467 g/mol. The third kappa shape index (κ3) is 5.58. The smallest absolute Gasteiger partial charge is 0.323 e. The maximum atomic E-state index is 14.0. The molecule has 3 rings (SSSR count). The fourth-order valence-electron chi connectivity index (χ4n) is 3.44. The van der Waals surface area contributed by atoms with E-state index in [1.54, 1.807) is 0 Å². The van der Waals surface area contributed by atoms with Crippen LogP contribution < -0.4 is 16.4 Å². The molecule has 1 unspecified atom stereocenters. The van der Waals surface area contributed by atoms with E-state index >= 15 is 0 Å². The number of benzene rings is 2. The van der Waals surface area contributed by atoms with Crippen LogP contribution in [0.15, 0.2) is 36.4 Å². The van der Waals surface area contributed by atoms with Gasteiger partial charge in [-0.1, -0.05) is 0 Å². The number of rotatable bonds is 5. The van der Waals surface area contributed by atoms with E-state index in [1.165, 1.54) is 0 Å². The van der Waals surface area contributed by atoms with Gasteiger partial charge in [-0.2, -0.15) is 0 Å². The van der Waals surface area contributed by atoms with Crippen molar-refractivity contribution < 1.29 is 31.9 Å². The van der Waals surface area contributed by atoms with Crippen LogP contribution in [0.25, 0.3) is 0 Å². The minimum atomic E-state index is -1.51. The van der Waals surface area contributed by atoms with Gasteiger partial charge in [0.25, 0.3) is 11.8 Å². The first kappa shape index (κ1) is 24.0. The molecule has 0 spiro atoms. The lowest BCUT2D eigenvalue weighted by Crippen LogP contribution is -2.64. The topological polar surface area (TPSA) is 108 Å². The molecule has 1 heterocycles. The molecule has 1 saturated heterocycles. The third-order valence-corrected chi connectivity index (χ3v) is 4.87. The predicted molar refractivity (Wildman–Crippen MR) is 110 cm³/mol. The van der Waals surface area contributed by atoms with Gasteiger partial charge >= 0.3 is 6.03 Å². The lowest BCUT2D eigenvalue weighted by Gasteiger charge is -2.42. The fourth-order valence-corrected chi connectivity index (χ4v) is 3.44. The molecule has 0 saturated carbocycles. The molecular formula is C21H21F4N5O3. The second-order valence-electron chi connectivity index (χ2n) is 7.21. The van der Waals surface area contributed by atoms with Crippen molar-refractivity contribution in [2.75, 3.05) is 31.5 Å². The maximum Gasteiger partial charge on any atom is 0.323 e. The van der Waals surface area contributed by atoms with Crippen molar-refractivity contribution in [1.82, 2.24) is 15.1 Å². The quantitative estimate of drug-likeness (QED) is 0.585. The molecule has 1 aliphatic heterocycles. The highest BCUT2D eigenvalue weighted by molar-refractivity contribution is 6.00. The fraction of sp³-hybridized carbons (Fsp3) is 0.286. The first-order chi connectivity index (χ1) is 15.7. The van der Waals surface area contributed by atoms with E-state index in [0.29, 0.717) is 12.1 Å². The molecule has 12 heteroatoms. The summed E-state index contributed by atoms with van der Waals surface area (Å²) < 4.78 is 54.5. The van der Waals surface area contributed by atoms with Crippen molar-refractivity contribution in [2.45, 2.75) is 12.6 Å². The lowest BCUT2D eigenvalue weighted by atomic mass is 10.1. The maximum absolute atomic E-state index is 14.0. The molecule has 0 radical (unpaired) electrons. The summed E-state index contributed by atoms with van der Waals surface area (Å²) in [5.74, 6) is -5.50. The molecule has 0 bridgehead atoms. The van der Waals surface area contributed by atoms with Crippen molar-refractivity contribution in [3.63, 3.8) is 0 Å². The summed E-state index contributed by atoms with van der Waals surface area (Å²) in [5.41, 5.74) is 4.72. The van der Waals surface area contributed by atoms with Crippen molar-refractivity contribution >= 4 is 23.5 Å². The summed E-state index contributed by atoms with van der Waals surface area (Å²) in [7, 11) is 0. The first-order valence-electron chi connectivity index (χ1n) is 9.98. The van der Waals surface area contributed by atoms with Gasteiger partial charge in [0.05, 0.1) is 5.69 Å². The Labute approximate surface area is 186 Å². The van der Waals surface area contributed by atoms with Gasteiger partial charge in [0, 0.05) is 43.9 Å². The number of nitrogens with zero attached hydrogens (tertiary/aromatic N) is 2. The van der Waals surface area contributed by atoms with E-state index in [4.69, 9.17) is 5.73 Å². The first-order valence-corrected chi connectivity index (χ1v) is 9.98. The van der Waals surface area contributed by atoms with Crippen molar-refractivity contribution in [3.8, 4) is 0 Å². The van der Waals surface area contributed by atoms with Crippen molar-refractivity contribution in [2.24, 2.45) is 5.73 Å². The second-order valence-corrected chi connectivity index (χ2v) is 7.21. The van der Waals surface area contributed by atoms with Crippen LogP contribution in [-0.4, -0.2) is 60.0 Å². The average molecular weight is 467 g/mol. The molecule has 1 fully saturated rings. The summed E-state index contributed by atoms with van der Waals surface area (Å²) in [6, 6.07) is 3.81. The van der Waals surface area contributed by atoms with Crippen LogP contribution in [-0.2, 0) is 4.79 Å². The minimum Gasteiger partial charge on any atom is -0.351 e. The molecule has 8 nitrogen and oxygen atoms in total. The van der Waals surface area contributed by atoms with Crippen LogP contribution in [0.2, 0.25) is 0 Å². The number of urea groups is 1. The van der Waals surface area contributed by atoms with Crippen LogP contribution in [0.4, 0.5) is 28.0 Å². The second kappa shape index (κ2) is 10.3. The number of anilines is 1. The van der Waals surface area contributed by atoms with Gasteiger partial charge in [-0.25, -0.2) is 22.4 Å². The molecular weight excluding hydrogens is 446 g/mol. The number of hydrogen-bond acceptors (Lipinski definition) is 4. The lowest BCUT2D eigenvalue weighted by molar-refractivity contribution is -0.132. The van der Waals surface area contributed by atoms with Crippen molar-refractivity contribution in [1.29, 1.82) is 0 Å². The number of carbonyl (C=O) groups is 3. The summed E-state index contributed by atoms with van der Waals surface area (Å²) in [6.07, 6.45) is -1.28. The van der Waals surface area contributed by atoms with Gasteiger partial charge in [-0.05, 0) is 30.7 Å². The summed E-state index contributed by atoms with van der Waals surface area (Å²) in [5, 5.41) is 4.73. The van der Waals surface area contributed by atoms with Crippen LogP contribution in [0.1, 0.15) is 16.8 Å². The van der Waals surface area contributed by atoms with Gasteiger partial charge in [-0.15, -0.1) is 0 Å². The molecule has 2 aromatic carbocycles. The largest absolute Gasteiger partial charge is 0.351 e. The molecule has 4 N–H and O–H groups in total. The number of halogens is 4. The van der Waals surface area contributed by atoms with E-state index in [2.05, 4.69) is 10.6 Å². The predicted octanol–water partition coefficient (Wildman–Crippen LogP) is 2.02. The Bertz CT molecular complexity index is 1050. The highest BCUT2D eigenvalue weighted by Gasteiger charge is 2.40. The molecule has 1 atom stereocenters. The third-order valence-electron chi connectivity index (χ3n) is 4.87. The van der Waals surface area contributed by atoms with Crippen LogP contribution in [0.5, 0.6) is 0 Å². The summed E-state index contributed by atoms with van der Waals surface area (Å²) >= 11 is 0. The Balaban J connectivity index is 1.92. The van der Waals surface area contributed by atoms with Gasteiger partial charge in [0.1, 0.15) is 23.3 Å². The zero-order valence-electron chi connectivity index (χ0n) is 17.3.